The van der Waals surface area contributed by atoms with Crippen molar-refractivity contribution in [2.24, 2.45) is 0 Å². The molecule has 0 aliphatic carbocycles. The second kappa shape index (κ2) is 7.70. The molecule has 2 aromatic carbocycles. The van der Waals surface area contributed by atoms with E-state index in [0.717, 1.165) is 10.4 Å². The summed E-state index contributed by atoms with van der Waals surface area (Å²) in [7, 11) is 0. The molecule has 140 valence electrons. The Labute approximate surface area is 170 Å². The van der Waals surface area contributed by atoms with Crippen LogP contribution in [0.5, 0.6) is 0 Å². The number of hydrogen-bond donors (Lipinski definition) is 0. The highest BCUT2D eigenvalue weighted by Gasteiger charge is 2.19. The molecule has 0 saturated carbocycles. The van der Waals surface area contributed by atoms with Crippen molar-refractivity contribution >= 4 is 39.8 Å². The van der Waals surface area contributed by atoms with Gasteiger partial charge in [0.15, 0.2) is 0 Å². The fourth-order valence-corrected chi connectivity index (χ4v) is 3.95. The van der Waals surface area contributed by atoms with Crippen LogP contribution in [0.4, 0.5) is 4.39 Å². The van der Waals surface area contributed by atoms with E-state index in [0.29, 0.717) is 26.5 Å². The van der Waals surface area contributed by atoms with Crippen molar-refractivity contribution in [3.8, 4) is 10.6 Å². The third-order valence-electron chi connectivity index (χ3n) is 4.38. The fourth-order valence-electron chi connectivity index (χ4n) is 2.95. The van der Waals surface area contributed by atoms with Gasteiger partial charge < -0.3 is 4.74 Å². The van der Waals surface area contributed by atoms with Crippen molar-refractivity contribution in [1.82, 2.24) is 4.98 Å². The Bertz CT molecular complexity index is 1160. The van der Waals surface area contributed by atoms with Crippen LogP contribution in [-0.4, -0.2) is 11.0 Å². The van der Waals surface area contributed by atoms with Crippen LogP contribution in [0.1, 0.15) is 28.9 Å². The number of halogens is 2. The highest BCUT2D eigenvalue weighted by molar-refractivity contribution is 7.19. The van der Waals surface area contributed by atoms with Crippen LogP contribution in [-0.2, 0) is 4.74 Å². The van der Waals surface area contributed by atoms with Gasteiger partial charge in [0.2, 0.25) is 0 Å². The first-order valence-corrected chi connectivity index (χ1v) is 9.82. The number of pyridine rings is 1. The molecule has 0 N–H and O–H groups in total. The lowest BCUT2D eigenvalue weighted by molar-refractivity contribution is 0.0340. The highest BCUT2D eigenvalue weighted by atomic mass is 35.5. The standard InChI is InChI=1S/C22H15ClFNO2S/c1-13(14-6-8-15(24)9-7-14)27-22(26)17-12-19(20-10-11-21(23)28-20)25-18-5-3-2-4-16(17)18/h2-13H,1H3. The predicted molar refractivity (Wildman–Crippen MR) is 110 cm³/mol. The first kappa shape index (κ1) is 18.6. The summed E-state index contributed by atoms with van der Waals surface area (Å²) in [5.41, 5.74) is 2.51. The lowest BCUT2D eigenvalue weighted by Gasteiger charge is -2.15. The number of benzene rings is 2. The van der Waals surface area contributed by atoms with Gasteiger partial charge >= 0.3 is 5.97 Å². The predicted octanol–water partition coefficient (Wildman–Crippen LogP) is 6.67. The van der Waals surface area contributed by atoms with Gasteiger partial charge in [-0.05, 0) is 48.9 Å². The summed E-state index contributed by atoms with van der Waals surface area (Å²) in [6, 6.07) is 18.7. The van der Waals surface area contributed by atoms with Crippen LogP contribution in [0.2, 0.25) is 4.34 Å². The van der Waals surface area contributed by atoms with E-state index >= 15 is 0 Å². The van der Waals surface area contributed by atoms with Crippen molar-refractivity contribution in [2.45, 2.75) is 13.0 Å². The van der Waals surface area contributed by atoms with Crippen LogP contribution in [0.3, 0.4) is 0 Å². The third kappa shape index (κ3) is 3.77. The molecule has 2 heterocycles. The minimum absolute atomic E-state index is 0.332. The van der Waals surface area contributed by atoms with Crippen LogP contribution in [0.15, 0.2) is 66.7 Å². The number of nitrogens with zero attached hydrogens (tertiary/aromatic N) is 1. The molecule has 0 spiro atoms. The number of carbonyl (C=O) groups is 1. The molecule has 2 aromatic heterocycles. The van der Waals surface area contributed by atoms with Gasteiger partial charge in [-0.15, -0.1) is 11.3 Å². The second-order valence-corrected chi connectivity index (χ2v) is 7.99. The van der Waals surface area contributed by atoms with Crippen LogP contribution >= 0.6 is 22.9 Å². The first-order chi connectivity index (χ1) is 13.5. The van der Waals surface area contributed by atoms with Crippen molar-refractivity contribution in [3.63, 3.8) is 0 Å². The van der Waals surface area contributed by atoms with E-state index in [2.05, 4.69) is 4.98 Å². The Morgan fingerprint density at radius 2 is 1.86 bits per heavy atom. The lowest BCUT2D eigenvalue weighted by atomic mass is 10.1. The molecule has 0 saturated heterocycles. The zero-order chi connectivity index (χ0) is 19.7. The SMILES string of the molecule is CC(OC(=O)c1cc(-c2ccc(Cl)s2)nc2ccccc12)c1ccc(F)cc1. The summed E-state index contributed by atoms with van der Waals surface area (Å²) in [5.74, 6) is -0.791. The smallest absolute Gasteiger partial charge is 0.339 e. The normalized spacial score (nSPS) is 12.1. The molecule has 6 heteroatoms. The number of fused-ring (bicyclic) bond motifs is 1. The third-order valence-corrected chi connectivity index (χ3v) is 5.64. The van der Waals surface area contributed by atoms with Crippen LogP contribution in [0.25, 0.3) is 21.5 Å². The number of hydrogen-bond acceptors (Lipinski definition) is 4. The van der Waals surface area contributed by atoms with Crippen molar-refractivity contribution in [1.29, 1.82) is 0 Å². The van der Waals surface area contributed by atoms with Gasteiger partial charge in [-0.25, -0.2) is 14.2 Å². The zero-order valence-corrected chi connectivity index (χ0v) is 16.4. The molecule has 0 aliphatic heterocycles. The molecule has 0 aliphatic rings. The van der Waals surface area contributed by atoms with E-state index in [1.54, 1.807) is 31.2 Å². The number of ether oxygens (including phenoxy) is 1. The molecule has 1 atom stereocenters. The summed E-state index contributed by atoms with van der Waals surface area (Å²) in [5, 5.41) is 0.713. The number of rotatable bonds is 4. The number of para-hydroxylation sites is 1. The fraction of sp³-hybridized carbons (Fsp3) is 0.0909. The van der Waals surface area contributed by atoms with Crippen LogP contribution < -0.4 is 0 Å². The molecule has 0 radical (unpaired) electrons. The summed E-state index contributed by atoms with van der Waals surface area (Å²) in [6.07, 6.45) is -0.514. The molecule has 0 bridgehead atoms. The molecule has 3 nitrogen and oxygen atoms in total. The Morgan fingerprint density at radius 1 is 1.11 bits per heavy atom. The van der Waals surface area contributed by atoms with E-state index in [1.807, 2.05) is 30.3 Å². The first-order valence-electron chi connectivity index (χ1n) is 8.63. The summed E-state index contributed by atoms with van der Waals surface area (Å²) in [6.45, 7) is 1.76. The van der Waals surface area contributed by atoms with Crippen molar-refractivity contribution in [3.05, 3.63) is 88.0 Å². The van der Waals surface area contributed by atoms with Gasteiger partial charge in [0.1, 0.15) is 11.9 Å². The van der Waals surface area contributed by atoms with E-state index < -0.39 is 12.1 Å². The lowest BCUT2D eigenvalue weighted by Crippen LogP contribution is -2.10. The number of thiophene rings is 1. The summed E-state index contributed by atoms with van der Waals surface area (Å²) >= 11 is 7.45. The van der Waals surface area contributed by atoms with Gasteiger partial charge in [-0.2, -0.15) is 0 Å². The van der Waals surface area contributed by atoms with Crippen molar-refractivity contribution < 1.29 is 13.9 Å². The van der Waals surface area contributed by atoms with E-state index in [1.165, 1.54) is 23.5 Å². The number of esters is 1. The maximum atomic E-state index is 13.1. The second-order valence-electron chi connectivity index (χ2n) is 6.28. The zero-order valence-electron chi connectivity index (χ0n) is 14.9. The minimum Gasteiger partial charge on any atom is -0.454 e. The largest absolute Gasteiger partial charge is 0.454 e. The molecular formula is C22H15ClFNO2S. The topological polar surface area (TPSA) is 39.2 Å². The maximum Gasteiger partial charge on any atom is 0.339 e. The van der Waals surface area contributed by atoms with Gasteiger partial charge in [0.05, 0.1) is 26.0 Å². The van der Waals surface area contributed by atoms with Gasteiger partial charge in [0.25, 0.3) is 0 Å². The van der Waals surface area contributed by atoms with Crippen LogP contribution in [0, 0.1) is 5.82 Å². The van der Waals surface area contributed by atoms with E-state index in [-0.39, 0.29) is 5.82 Å². The van der Waals surface area contributed by atoms with Gasteiger partial charge in [0, 0.05) is 5.39 Å². The molecule has 4 aromatic rings. The maximum absolute atomic E-state index is 13.1. The molecular weight excluding hydrogens is 397 g/mol. The number of carbonyl (C=O) groups excluding carboxylic acids is 1. The summed E-state index contributed by atoms with van der Waals surface area (Å²) < 4.78 is 19.4. The van der Waals surface area contributed by atoms with Gasteiger partial charge in [-0.1, -0.05) is 41.9 Å². The van der Waals surface area contributed by atoms with Gasteiger partial charge in [-0.3, -0.25) is 0 Å². The quantitative estimate of drug-likeness (QED) is 0.352. The molecule has 4 rings (SSSR count). The highest BCUT2D eigenvalue weighted by Crippen LogP contribution is 2.33. The molecule has 0 amide bonds. The van der Waals surface area contributed by atoms with Crippen molar-refractivity contribution in [2.75, 3.05) is 0 Å². The average Bonchev–Trinajstić information content (AvgIpc) is 3.14. The molecule has 0 fully saturated rings. The Hall–Kier alpha value is -2.76. The minimum atomic E-state index is -0.514. The monoisotopic (exact) mass is 411 g/mol. The van der Waals surface area contributed by atoms with E-state index in [9.17, 15) is 9.18 Å². The van der Waals surface area contributed by atoms with E-state index in [4.69, 9.17) is 16.3 Å². The summed E-state index contributed by atoms with van der Waals surface area (Å²) in [4.78, 5) is 18.5. The Balaban J connectivity index is 1.72. The Morgan fingerprint density at radius 3 is 2.57 bits per heavy atom. The average molecular weight is 412 g/mol. The molecule has 1 unspecified atom stereocenters. The number of aromatic nitrogens is 1. The molecule has 28 heavy (non-hydrogen) atoms. The Kier molecular flexibility index (Phi) is 5.11.